The molecule has 2 N–H and O–H groups in total. The highest BCUT2D eigenvalue weighted by atomic mass is 16.5. The third-order valence-electron chi connectivity index (χ3n) is 4.93. The Bertz CT molecular complexity index is 826. The molecule has 0 bridgehead atoms. The van der Waals surface area contributed by atoms with Crippen molar-refractivity contribution in [3.05, 3.63) is 53.9 Å². The molecule has 0 unspecified atom stereocenters. The third kappa shape index (κ3) is 6.31. The summed E-state index contributed by atoms with van der Waals surface area (Å²) < 4.78 is 5.60. The molecule has 6 nitrogen and oxygen atoms in total. The lowest BCUT2D eigenvalue weighted by Gasteiger charge is -2.16. The molecule has 1 heterocycles. The molecule has 1 aliphatic carbocycles. The van der Waals surface area contributed by atoms with E-state index in [1.165, 1.54) is 25.1 Å². The maximum absolute atomic E-state index is 12.6. The maximum Gasteiger partial charge on any atom is 0.274 e. The fourth-order valence-electron chi connectivity index (χ4n) is 3.47. The lowest BCUT2D eigenvalue weighted by molar-refractivity contribution is 0.0933. The summed E-state index contributed by atoms with van der Waals surface area (Å²) in [5.41, 5.74) is 1.30. The van der Waals surface area contributed by atoms with Crippen molar-refractivity contribution in [3.63, 3.8) is 0 Å². The first-order valence-corrected chi connectivity index (χ1v) is 10.4. The quantitative estimate of drug-likeness (QED) is 0.702. The molecule has 1 aliphatic rings. The van der Waals surface area contributed by atoms with Gasteiger partial charge in [-0.2, -0.15) is 0 Å². The normalized spacial score (nSPS) is 14.9. The number of aromatic nitrogens is 1. The first-order valence-electron chi connectivity index (χ1n) is 10.4. The van der Waals surface area contributed by atoms with Gasteiger partial charge in [-0.15, -0.1) is 0 Å². The summed E-state index contributed by atoms with van der Waals surface area (Å²) in [4.78, 5) is 29.3. The number of rotatable bonds is 6. The lowest BCUT2D eigenvalue weighted by atomic mass is 10.1. The number of carbonyl (C=O) groups excluding carboxylic acids is 2. The first kappa shape index (κ1) is 20.8. The monoisotopic (exact) mass is 395 g/mol. The van der Waals surface area contributed by atoms with Gasteiger partial charge in [0.2, 0.25) is 0 Å². The molecule has 2 aromatic rings. The van der Waals surface area contributed by atoms with E-state index in [-0.39, 0.29) is 29.7 Å². The molecule has 0 saturated heterocycles. The molecule has 0 spiro atoms. The Hall–Kier alpha value is -2.89. The van der Waals surface area contributed by atoms with E-state index in [0.717, 1.165) is 31.4 Å². The molecule has 1 saturated carbocycles. The molecular weight excluding hydrogens is 366 g/mol. The number of carbonyl (C=O) groups is 2. The number of hydrogen-bond acceptors (Lipinski definition) is 4. The molecule has 3 rings (SSSR count). The van der Waals surface area contributed by atoms with Crippen LogP contribution in [0.3, 0.4) is 0 Å². The number of benzene rings is 1. The van der Waals surface area contributed by atoms with Gasteiger partial charge in [0.15, 0.2) is 0 Å². The van der Waals surface area contributed by atoms with Crippen LogP contribution in [0.5, 0.6) is 5.75 Å². The van der Waals surface area contributed by atoms with Crippen LogP contribution in [0.2, 0.25) is 0 Å². The van der Waals surface area contributed by atoms with Crippen molar-refractivity contribution >= 4 is 17.5 Å². The summed E-state index contributed by atoms with van der Waals surface area (Å²) >= 11 is 0. The van der Waals surface area contributed by atoms with Crippen LogP contribution in [0.15, 0.2) is 42.6 Å². The van der Waals surface area contributed by atoms with Crippen molar-refractivity contribution in [1.82, 2.24) is 10.3 Å². The van der Waals surface area contributed by atoms with E-state index < -0.39 is 0 Å². The predicted molar refractivity (Wildman–Crippen MR) is 113 cm³/mol. The number of anilines is 1. The van der Waals surface area contributed by atoms with E-state index in [1.807, 2.05) is 13.8 Å². The SMILES string of the molecule is CC(C)Oc1ccc(NC(=O)c2cc(C(=O)NC3CCCCCC3)ccn2)cc1. The average molecular weight is 396 g/mol. The van der Waals surface area contributed by atoms with Crippen molar-refractivity contribution in [2.45, 2.75) is 64.5 Å². The molecular formula is C23H29N3O3. The number of amides is 2. The van der Waals surface area contributed by atoms with Crippen molar-refractivity contribution < 1.29 is 14.3 Å². The van der Waals surface area contributed by atoms with Gasteiger partial charge < -0.3 is 15.4 Å². The second kappa shape index (κ2) is 10.0. The standard InChI is InChI=1S/C23H29N3O3/c1-16(2)29-20-11-9-19(10-12-20)26-23(28)21-15-17(13-14-24-21)22(27)25-18-7-5-3-4-6-8-18/h9-16,18H,3-8H2,1-2H3,(H,25,27)(H,26,28). The van der Waals surface area contributed by atoms with Gasteiger partial charge in [0, 0.05) is 23.5 Å². The minimum absolute atomic E-state index is 0.0894. The third-order valence-corrected chi connectivity index (χ3v) is 4.93. The van der Waals surface area contributed by atoms with Crippen LogP contribution >= 0.6 is 0 Å². The molecule has 0 radical (unpaired) electrons. The summed E-state index contributed by atoms with van der Waals surface area (Å²) in [6.07, 6.45) is 8.38. The highest BCUT2D eigenvalue weighted by Gasteiger charge is 2.17. The molecule has 2 amide bonds. The second-order valence-corrected chi connectivity index (χ2v) is 7.74. The lowest BCUT2D eigenvalue weighted by Crippen LogP contribution is -2.34. The summed E-state index contributed by atoms with van der Waals surface area (Å²) in [5.74, 6) is 0.239. The van der Waals surface area contributed by atoms with Gasteiger partial charge in [-0.1, -0.05) is 25.7 Å². The van der Waals surface area contributed by atoms with Gasteiger partial charge in [-0.25, -0.2) is 0 Å². The van der Waals surface area contributed by atoms with E-state index in [9.17, 15) is 9.59 Å². The van der Waals surface area contributed by atoms with Crippen LogP contribution < -0.4 is 15.4 Å². The maximum atomic E-state index is 12.6. The molecule has 0 aliphatic heterocycles. The Labute approximate surface area is 172 Å². The van der Waals surface area contributed by atoms with Crippen LogP contribution in [0.1, 0.15) is 73.2 Å². The van der Waals surface area contributed by atoms with Gasteiger partial charge in [-0.3, -0.25) is 14.6 Å². The van der Waals surface area contributed by atoms with Crippen LogP contribution in [0, 0.1) is 0 Å². The van der Waals surface area contributed by atoms with E-state index in [4.69, 9.17) is 4.74 Å². The number of ether oxygens (including phenoxy) is 1. The van der Waals surface area contributed by atoms with Crippen LogP contribution in [-0.2, 0) is 0 Å². The van der Waals surface area contributed by atoms with E-state index in [0.29, 0.717) is 11.3 Å². The van der Waals surface area contributed by atoms with Gasteiger partial charge in [0.05, 0.1) is 6.10 Å². The largest absolute Gasteiger partial charge is 0.491 e. The molecule has 6 heteroatoms. The zero-order chi connectivity index (χ0) is 20.6. The predicted octanol–water partition coefficient (Wildman–Crippen LogP) is 4.57. The Morgan fingerprint density at radius 1 is 1.00 bits per heavy atom. The number of nitrogens with zero attached hydrogens (tertiary/aromatic N) is 1. The minimum Gasteiger partial charge on any atom is -0.491 e. The zero-order valence-corrected chi connectivity index (χ0v) is 17.1. The average Bonchev–Trinajstić information content (AvgIpc) is 2.98. The second-order valence-electron chi connectivity index (χ2n) is 7.74. The van der Waals surface area contributed by atoms with Crippen molar-refractivity contribution in [1.29, 1.82) is 0 Å². The number of hydrogen-bond donors (Lipinski definition) is 2. The van der Waals surface area contributed by atoms with Gasteiger partial charge in [-0.05, 0) is 63.1 Å². The first-order chi connectivity index (χ1) is 14.0. The van der Waals surface area contributed by atoms with Crippen molar-refractivity contribution in [3.8, 4) is 5.75 Å². The molecule has 1 aromatic carbocycles. The number of pyridine rings is 1. The van der Waals surface area contributed by atoms with Gasteiger partial charge in [0.1, 0.15) is 11.4 Å². The molecule has 1 fully saturated rings. The summed E-state index contributed by atoms with van der Waals surface area (Å²) in [6, 6.07) is 10.6. The van der Waals surface area contributed by atoms with Gasteiger partial charge >= 0.3 is 0 Å². The Balaban J connectivity index is 1.62. The smallest absolute Gasteiger partial charge is 0.274 e. The zero-order valence-electron chi connectivity index (χ0n) is 17.1. The van der Waals surface area contributed by atoms with Gasteiger partial charge in [0.25, 0.3) is 11.8 Å². The van der Waals surface area contributed by atoms with E-state index in [1.54, 1.807) is 30.3 Å². The fraction of sp³-hybridized carbons (Fsp3) is 0.435. The Morgan fingerprint density at radius 2 is 1.69 bits per heavy atom. The molecule has 0 atom stereocenters. The van der Waals surface area contributed by atoms with E-state index in [2.05, 4.69) is 15.6 Å². The fourth-order valence-corrected chi connectivity index (χ4v) is 3.47. The summed E-state index contributed by atoms with van der Waals surface area (Å²) in [7, 11) is 0. The summed E-state index contributed by atoms with van der Waals surface area (Å²) in [5, 5.41) is 5.91. The van der Waals surface area contributed by atoms with E-state index >= 15 is 0 Å². The molecule has 154 valence electrons. The van der Waals surface area contributed by atoms with Crippen LogP contribution in [-0.4, -0.2) is 28.9 Å². The van der Waals surface area contributed by atoms with Crippen LogP contribution in [0.4, 0.5) is 5.69 Å². The molecule has 1 aromatic heterocycles. The highest BCUT2D eigenvalue weighted by Crippen LogP contribution is 2.19. The molecule has 29 heavy (non-hydrogen) atoms. The Morgan fingerprint density at radius 3 is 2.34 bits per heavy atom. The Kier molecular flexibility index (Phi) is 7.22. The highest BCUT2D eigenvalue weighted by molar-refractivity contribution is 6.04. The summed E-state index contributed by atoms with van der Waals surface area (Å²) in [6.45, 7) is 3.92. The minimum atomic E-state index is -0.355. The topological polar surface area (TPSA) is 80.3 Å². The van der Waals surface area contributed by atoms with Crippen molar-refractivity contribution in [2.75, 3.05) is 5.32 Å². The number of nitrogens with one attached hydrogen (secondary N) is 2. The van der Waals surface area contributed by atoms with Crippen molar-refractivity contribution in [2.24, 2.45) is 0 Å². The van der Waals surface area contributed by atoms with Crippen LogP contribution in [0.25, 0.3) is 0 Å².